The lowest BCUT2D eigenvalue weighted by Gasteiger charge is -2.02. The van der Waals surface area contributed by atoms with Gasteiger partial charge in [-0.15, -0.1) is 12.4 Å². The third-order valence-electron chi connectivity index (χ3n) is 0.897. The van der Waals surface area contributed by atoms with Gasteiger partial charge in [-0.05, 0) is 13.3 Å². The van der Waals surface area contributed by atoms with Crippen LogP contribution in [0.5, 0.6) is 0 Å². The fourth-order valence-corrected chi connectivity index (χ4v) is 0.118. The molecule has 0 unspecified atom stereocenters. The lowest BCUT2D eigenvalue weighted by molar-refractivity contribution is 0.555. The topological polar surface area (TPSA) is 38.0 Å². The average molecular weight is 125 g/mol. The zero-order valence-electron chi connectivity index (χ0n) is 4.77. The van der Waals surface area contributed by atoms with Gasteiger partial charge >= 0.3 is 0 Å². The molecule has 7 heavy (non-hydrogen) atoms. The van der Waals surface area contributed by atoms with Gasteiger partial charge in [-0.3, -0.25) is 11.3 Å². The minimum atomic E-state index is 0. The Morgan fingerprint density at radius 2 is 2.14 bits per heavy atom. The molecule has 0 amide bonds. The molecule has 3 heteroatoms. The molecule has 0 fully saturated rings. The highest BCUT2D eigenvalue weighted by Crippen LogP contribution is 1.81. The number of halogens is 1. The maximum absolute atomic E-state index is 5.03. The Balaban J connectivity index is 0. The predicted molar refractivity (Wildman–Crippen MR) is 34.3 cm³/mol. The number of nitrogens with one attached hydrogen (secondary N) is 1. The van der Waals surface area contributed by atoms with Gasteiger partial charge < -0.3 is 0 Å². The lowest BCUT2D eigenvalue weighted by Crippen LogP contribution is -2.31. The van der Waals surface area contributed by atoms with Crippen LogP contribution in [-0.4, -0.2) is 6.04 Å². The minimum absolute atomic E-state index is 0. The number of hydrazine groups is 1. The molecule has 46 valence electrons. The number of hydrogen-bond acceptors (Lipinski definition) is 2. The molecule has 0 aliphatic carbocycles. The van der Waals surface area contributed by atoms with E-state index in [-0.39, 0.29) is 12.4 Å². The standard InChI is InChI=1S/C4H12N2.ClH/c1-3-4(2)6-5;/h4,6H,3,5H2,1-2H3;1H/t4-;/m1./s1. The summed E-state index contributed by atoms with van der Waals surface area (Å²) in [5, 5.41) is 0. The fraction of sp³-hybridized carbons (Fsp3) is 1.00. The van der Waals surface area contributed by atoms with Crippen LogP contribution >= 0.6 is 12.4 Å². The van der Waals surface area contributed by atoms with Crippen molar-refractivity contribution in [3.8, 4) is 0 Å². The molecule has 0 aliphatic rings. The highest BCUT2D eigenvalue weighted by molar-refractivity contribution is 5.85. The molecule has 0 aliphatic heterocycles. The number of rotatable bonds is 2. The minimum Gasteiger partial charge on any atom is -0.271 e. The van der Waals surface area contributed by atoms with Crippen molar-refractivity contribution < 1.29 is 0 Å². The van der Waals surface area contributed by atoms with Gasteiger partial charge in [-0.1, -0.05) is 6.92 Å². The van der Waals surface area contributed by atoms with Crippen molar-refractivity contribution in [2.75, 3.05) is 0 Å². The summed E-state index contributed by atoms with van der Waals surface area (Å²) < 4.78 is 0. The van der Waals surface area contributed by atoms with E-state index in [1.54, 1.807) is 0 Å². The second-order valence-corrected chi connectivity index (χ2v) is 1.48. The van der Waals surface area contributed by atoms with Crippen molar-refractivity contribution in [3.63, 3.8) is 0 Å². The van der Waals surface area contributed by atoms with E-state index >= 15 is 0 Å². The maximum atomic E-state index is 5.03. The predicted octanol–water partition coefficient (Wildman–Crippen LogP) is 0.670. The molecular formula is C4H13ClN2. The maximum Gasteiger partial charge on any atom is 0.0179 e. The monoisotopic (exact) mass is 124 g/mol. The molecule has 0 aromatic carbocycles. The first-order valence-corrected chi connectivity index (χ1v) is 2.27. The summed E-state index contributed by atoms with van der Waals surface area (Å²) in [6.07, 6.45) is 1.09. The van der Waals surface area contributed by atoms with E-state index in [4.69, 9.17) is 5.84 Å². The summed E-state index contributed by atoms with van der Waals surface area (Å²) in [5.41, 5.74) is 2.61. The number of hydrogen-bond donors (Lipinski definition) is 2. The molecule has 0 bridgehead atoms. The highest BCUT2D eigenvalue weighted by atomic mass is 35.5. The lowest BCUT2D eigenvalue weighted by atomic mass is 10.3. The molecule has 1 atom stereocenters. The van der Waals surface area contributed by atoms with Crippen LogP contribution in [0.4, 0.5) is 0 Å². The van der Waals surface area contributed by atoms with Crippen molar-refractivity contribution in [2.24, 2.45) is 5.84 Å². The largest absolute Gasteiger partial charge is 0.271 e. The van der Waals surface area contributed by atoms with Crippen molar-refractivity contribution in [3.05, 3.63) is 0 Å². The van der Waals surface area contributed by atoms with Crippen LogP contribution in [0, 0.1) is 0 Å². The molecule has 0 rings (SSSR count). The molecule has 0 saturated carbocycles. The molecular weight excluding hydrogens is 112 g/mol. The Morgan fingerprint density at radius 1 is 1.71 bits per heavy atom. The van der Waals surface area contributed by atoms with Crippen LogP contribution in [0.15, 0.2) is 0 Å². The van der Waals surface area contributed by atoms with Gasteiger partial charge in [0.15, 0.2) is 0 Å². The number of nitrogens with two attached hydrogens (primary N) is 1. The van der Waals surface area contributed by atoms with Gasteiger partial charge in [-0.2, -0.15) is 0 Å². The highest BCUT2D eigenvalue weighted by Gasteiger charge is 1.87. The van der Waals surface area contributed by atoms with Gasteiger partial charge in [0, 0.05) is 6.04 Å². The Bertz CT molecular complexity index is 28.9. The second-order valence-electron chi connectivity index (χ2n) is 1.48. The molecule has 3 N–H and O–H groups in total. The summed E-state index contributed by atoms with van der Waals surface area (Å²) in [6.45, 7) is 4.13. The molecule has 0 aromatic heterocycles. The van der Waals surface area contributed by atoms with E-state index in [0.29, 0.717) is 6.04 Å². The first kappa shape index (κ1) is 10.2. The van der Waals surface area contributed by atoms with E-state index in [1.807, 2.05) is 6.92 Å². The van der Waals surface area contributed by atoms with Crippen LogP contribution in [0.25, 0.3) is 0 Å². The zero-order chi connectivity index (χ0) is 4.99. The molecule has 0 aromatic rings. The molecule has 0 spiro atoms. The first-order valence-electron chi connectivity index (χ1n) is 2.27. The first-order chi connectivity index (χ1) is 2.81. The van der Waals surface area contributed by atoms with E-state index in [9.17, 15) is 0 Å². The Morgan fingerprint density at radius 3 is 2.14 bits per heavy atom. The molecule has 2 nitrogen and oxygen atoms in total. The van der Waals surface area contributed by atoms with Gasteiger partial charge in [-0.25, -0.2) is 0 Å². The van der Waals surface area contributed by atoms with Crippen LogP contribution in [-0.2, 0) is 0 Å². The third kappa shape index (κ3) is 6.21. The quantitative estimate of drug-likeness (QED) is 0.420. The molecule has 0 saturated heterocycles. The zero-order valence-corrected chi connectivity index (χ0v) is 5.59. The third-order valence-corrected chi connectivity index (χ3v) is 0.897. The molecule has 0 radical (unpaired) electrons. The molecule has 0 heterocycles. The summed E-state index contributed by atoms with van der Waals surface area (Å²) in [6, 6.07) is 0.463. The van der Waals surface area contributed by atoms with Crippen molar-refractivity contribution in [1.29, 1.82) is 0 Å². The normalized spacial score (nSPS) is 12.4. The Labute approximate surface area is 50.8 Å². The van der Waals surface area contributed by atoms with Crippen LogP contribution in [0.3, 0.4) is 0 Å². The summed E-state index contributed by atoms with van der Waals surface area (Å²) in [5.74, 6) is 5.03. The van der Waals surface area contributed by atoms with Crippen LogP contribution < -0.4 is 11.3 Å². The summed E-state index contributed by atoms with van der Waals surface area (Å²) >= 11 is 0. The van der Waals surface area contributed by atoms with Crippen LogP contribution in [0.1, 0.15) is 20.3 Å². The van der Waals surface area contributed by atoms with Crippen LogP contribution in [0.2, 0.25) is 0 Å². The van der Waals surface area contributed by atoms with E-state index in [2.05, 4.69) is 12.3 Å². The average Bonchev–Trinajstić information content (AvgIpc) is 1.65. The van der Waals surface area contributed by atoms with Crippen molar-refractivity contribution in [2.45, 2.75) is 26.3 Å². The Kier molecular flexibility index (Phi) is 9.09. The van der Waals surface area contributed by atoms with Gasteiger partial charge in [0.25, 0.3) is 0 Å². The van der Waals surface area contributed by atoms with E-state index < -0.39 is 0 Å². The van der Waals surface area contributed by atoms with Gasteiger partial charge in [0.05, 0.1) is 0 Å². The Hall–Kier alpha value is 0.210. The van der Waals surface area contributed by atoms with Gasteiger partial charge in [0.1, 0.15) is 0 Å². The SMILES string of the molecule is CC[C@@H](C)NN.Cl. The summed E-state index contributed by atoms with van der Waals surface area (Å²) in [7, 11) is 0. The van der Waals surface area contributed by atoms with E-state index in [1.165, 1.54) is 0 Å². The second kappa shape index (κ2) is 6.21. The van der Waals surface area contributed by atoms with Crippen molar-refractivity contribution in [1.82, 2.24) is 5.43 Å². The fourth-order valence-electron chi connectivity index (χ4n) is 0.118. The summed E-state index contributed by atoms with van der Waals surface area (Å²) in [4.78, 5) is 0. The van der Waals surface area contributed by atoms with Gasteiger partial charge in [0.2, 0.25) is 0 Å². The smallest absolute Gasteiger partial charge is 0.0179 e. The van der Waals surface area contributed by atoms with E-state index in [0.717, 1.165) is 6.42 Å². The van der Waals surface area contributed by atoms with Crippen molar-refractivity contribution >= 4 is 12.4 Å².